The standard InChI is InChI=1S/C11H10BrN3S/c12-9-2-1-5-14-11(9)16-7-8-3-4-10(13)15-6-8/h1-6H,7H2,(H2,13,15). The fourth-order valence-corrected chi connectivity index (χ4v) is 2.56. The van der Waals surface area contributed by atoms with Crippen LogP contribution in [-0.4, -0.2) is 9.97 Å². The number of aromatic nitrogens is 2. The minimum Gasteiger partial charge on any atom is -0.384 e. The second kappa shape index (κ2) is 5.32. The van der Waals surface area contributed by atoms with Crippen molar-refractivity contribution in [3.8, 4) is 0 Å². The lowest BCUT2D eigenvalue weighted by molar-refractivity contribution is 1.11. The number of pyridine rings is 2. The zero-order valence-electron chi connectivity index (χ0n) is 8.43. The topological polar surface area (TPSA) is 51.8 Å². The molecule has 0 aliphatic rings. The Hall–Kier alpha value is -1.07. The predicted molar refractivity (Wildman–Crippen MR) is 70.1 cm³/mol. The number of hydrogen-bond acceptors (Lipinski definition) is 4. The number of anilines is 1. The molecule has 2 rings (SSSR count). The van der Waals surface area contributed by atoms with Gasteiger partial charge in [0.25, 0.3) is 0 Å². The Kier molecular flexibility index (Phi) is 3.79. The lowest BCUT2D eigenvalue weighted by Gasteiger charge is -2.03. The summed E-state index contributed by atoms with van der Waals surface area (Å²) in [6.07, 6.45) is 3.58. The summed E-state index contributed by atoms with van der Waals surface area (Å²) < 4.78 is 1.02. The molecule has 3 nitrogen and oxygen atoms in total. The van der Waals surface area contributed by atoms with Crippen molar-refractivity contribution in [2.24, 2.45) is 0 Å². The summed E-state index contributed by atoms with van der Waals surface area (Å²) in [5.41, 5.74) is 6.66. The van der Waals surface area contributed by atoms with E-state index in [1.54, 1.807) is 24.2 Å². The summed E-state index contributed by atoms with van der Waals surface area (Å²) in [7, 11) is 0. The molecule has 0 atom stereocenters. The highest BCUT2D eigenvalue weighted by molar-refractivity contribution is 9.10. The zero-order valence-corrected chi connectivity index (χ0v) is 10.8. The first-order chi connectivity index (χ1) is 7.75. The molecule has 2 aromatic rings. The van der Waals surface area contributed by atoms with Gasteiger partial charge in [-0.25, -0.2) is 9.97 Å². The Morgan fingerprint density at radius 3 is 2.81 bits per heavy atom. The molecular weight excluding hydrogens is 286 g/mol. The molecule has 5 heteroatoms. The van der Waals surface area contributed by atoms with Crippen LogP contribution in [0.5, 0.6) is 0 Å². The molecule has 0 amide bonds. The van der Waals surface area contributed by atoms with E-state index in [0.717, 1.165) is 20.8 Å². The lowest BCUT2D eigenvalue weighted by atomic mass is 10.3. The maximum Gasteiger partial charge on any atom is 0.123 e. The summed E-state index contributed by atoms with van der Waals surface area (Å²) in [5.74, 6) is 1.39. The van der Waals surface area contributed by atoms with Crippen LogP contribution in [0.3, 0.4) is 0 Å². The first-order valence-electron chi connectivity index (χ1n) is 4.69. The van der Waals surface area contributed by atoms with Gasteiger partial charge in [0.1, 0.15) is 10.8 Å². The Morgan fingerprint density at radius 2 is 2.12 bits per heavy atom. The van der Waals surface area contributed by atoms with Gasteiger partial charge in [-0.15, -0.1) is 11.8 Å². The number of nitrogen functional groups attached to an aromatic ring is 1. The van der Waals surface area contributed by atoms with Crippen LogP contribution in [0.25, 0.3) is 0 Å². The maximum absolute atomic E-state index is 5.52. The van der Waals surface area contributed by atoms with E-state index in [1.807, 2.05) is 24.3 Å². The van der Waals surface area contributed by atoms with E-state index in [2.05, 4.69) is 25.9 Å². The van der Waals surface area contributed by atoms with Crippen molar-refractivity contribution in [2.45, 2.75) is 10.8 Å². The smallest absolute Gasteiger partial charge is 0.123 e. The number of halogens is 1. The molecule has 16 heavy (non-hydrogen) atoms. The van der Waals surface area contributed by atoms with E-state index in [9.17, 15) is 0 Å². The Morgan fingerprint density at radius 1 is 1.25 bits per heavy atom. The van der Waals surface area contributed by atoms with Gasteiger partial charge in [0.15, 0.2) is 0 Å². The van der Waals surface area contributed by atoms with Gasteiger partial charge in [-0.3, -0.25) is 0 Å². The summed E-state index contributed by atoms with van der Waals surface area (Å²) in [4.78, 5) is 8.33. The number of thioether (sulfide) groups is 1. The molecule has 0 aromatic carbocycles. The number of rotatable bonds is 3. The van der Waals surface area contributed by atoms with E-state index < -0.39 is 0 Å². The molecule has 0 radical (unpaired) electrons. The van der Waals surface area contributed by atoms with Crippen LogP contribution in [0, 0.1) is 0 Å². The van der Waals surface area contributed by atoms with E-state index in [0.29, 0.717) is 5.82 Å². The molecular formula is C11H10BrN3S. The highest BCUT2D eigenvalue weighted by Gasteiger charge is 2.01. The van der Waals surface area contributed by atoms with Crippen LogP contribution < -0.4 is 5.73 Å². The van der Waals surface area contributed by atoms with Crippen LogP contribution in [0.15, 0.2) is 46.2 Å². The second-order valence-corrected chi connectivity index (χ2v) is 4.99. The first-order valence-corrected chi connectivity index (χ1v) is 6.47. The Balaban J connectivity index is 2.02. The largest absolute Gasteiger partial charge is 0.384 e. The van der Waals surface area contributed by atoms with Gasteiger partial charge in [-0.05, 0) is 39.7 Å². The fraction of sp³-hybridized carbons (Fsp3) is 0.0909. The average Bonchev–Trinajstić information content (AvgIpc) is 2.30. The van der Waals surface area contributed by atoms with Gasteiger partial charge in [0, 0.05) is 22.6 Å². The van der Waals surface area contributed by atoms with Crippen LogP contribution >= 0.6 is 27.7 Å². The fourth-order valence-electron chi connectivity index (χ4n) is 1.15. The molecule has 2 N–H and O–H groups in total. The minimum absolute atomic E-state index is 0.549. The highest BCUT2D eigenvalue weighted by atomic mass is 79.9. The normalized spacial score (nSPS) is 10.3. The van der Waals surface area contributed by atoms with Crippen molar-refractivity contribution in [3.05, 3.63) is 46.7 Å². The summed E-state index contributed by atoms with van der Waals surface area (Å²) in [6.45, 7) is 0. The summed E-state index contributed by atoms with van der Waals surface area (Å²) >= 11 is 5.13. The Labute approximate surface area is 107 Å². The maximum atomic E-state index is 5.52. The van der Waals surface area contributed by atoms with Crippen molar-refractivity contribution < 1.29 is 0 Å². The number of nitrogens with zero attached hydrogens (tertiary/aromatic N) is 2. The van der Waals surface area contributed by atoms with Gasteiger partial charge in [0.05, 0.1) is 0 Å². The molecule has 0 saturated heterocycles. The van der Waals surface area contributed by atoms with Gasteiger partial charge in [-0.2, -0.15) is 0 Å². The van der Waals surface area contributed by atoms with Gasteiger partial charge in [-0.1, -0.05) is 6.07 Å². The third kappa shape index (κ3) is 2.96. The SMILES string of the molecule is Nc1ccc(CSc2ncccc2Br)cn1. The quantitative estimate of drug-likeness (QED) is 0.884. The molecule has 2 aromatic heterocycles. The Bertz CT molecular complexity index is 473. The third-order valence-electron chi connectivity index (χ3n) is 1.95. The molecule has 0 aliphatic carbocycles. The predicted octanol–water partition coefficient (Wildman–Crippen LogP) is 3.11. The molecule has 0 spiro atoms. The molecule has 2 heterocycles. The molecule has 0 aliphatic heterocycles. The molecule has 82 valence electrons. The van der Waals surface area contributed by atoms with Gasteiger partial charge >= 0.3 is 0 Å². The van der Waals surface area contributed by atoms with Crippen LogP contribution in [0.2, 0.25) is 0 Å². The van der Waals surface area contributed by atoms with Crippen LogP contribution in [0.1, 0.15) is 5.56 Å². The van der Waals surface area contributed by atoms with E-state index in [-0.39, 0.29) is 0 Å². The van der Waals surface area contributed by atoms with E-state index in [4.69, 9.17) is 5.73 Å². The van der Waals surface area contributed by atoms with E-state index >= 15 is 0 Å². The monoisotopic (exact) mass is 295 g/mol. The number of hydrogen-bond donors (Lipinski definition) is 1. The molecule has 0 saturated carbocycles. The van der Waals surface area contributed by atoms with Crippen molar-refractivity contribution >= 4 is 33.5 Å². The first kappa shape index (κ1) is 11.4. The molecule has 0 bridgehead atoms. The van der Waals surface area contributed by atoms with E-state index in [1.165, 1.54) is 0 Å². The highest BCUT2D eigenvalue weighted by Crippen LogP contribution is 2.27. The third-order valence-corrected chi connectivity index (χ3v) is 3.93. The van der Waals surface area contributed by atoms with Crippen LogP contribution in [-0.2, 0) is 5.75 Å². The second-order valence-electron chi connectivity index (χ2n) is 3.17. The average molecular weight is 296 g/mol. The molecule has 0 unspecified atom stereocenters. The van der Waals surface area contributed by atoms with Gasteiger partial charge < -0.3 is 5.73 Å². The van der Waals surface area contributed by atoms with Crippen molar-refractivity contribution in [3.63, 3.8) is 0 Å². The van der Waals surface area contributed by atoms with Crippen LogP contribution in [0.4, 0.5) is 5.82 Å². The summed E-state index contributed by atoms with van der Waals surface area (Å²) in [5, 5.41) is 0.985. The van der Waals surface area contributed by atoms with Crippen molar-refractivity contribution in [2.75, 3.05) is 5.73 Å². The van der Waals surface area contributed by atoms with Crippen molar-refractivity contribution in [1.29, 1.82) is 0 Å². The van der Waals surface area contributed by atoms with Gasteiger partial charge in [0.2, 0.25) is 0 Å². The number of nitrogens with two attached hydrogens (primary N) is 1. The minimum atomic E-state index is 0.549. The lowest BCUT2D eigenvalue weighted by Crippen LogP contribution is -1.90. The molecule has 0 fully saturated rings. The summed E-state index contributed by atoms with van der Waals surface area (Å²) in [6, 6.07) is 7.67. The zero-order chi connectivity index (χ0) is 11.4. The van der Waals surface area contributed by atoms with Crippen molar-refractivity contribution in [1.82, 2.24) is 9.97 Å².